The summed E-state index contributed by atoms with van der Waals surface area (Å²) in [5.41, 5.74) is 1.14. The minimum absolute atomic E-state index is 0.132. The summed E-state index contributed by atoms with van der Waals surface area (Å²) >= 11 is 0. The summed E-state index contributed by atoms with van der Waals surface area (Å²) in [7, 11) is 1.57. The molecule has 19 heavy (non-hydrogen) atoms. The summed E-state index contributed by atoms with van der Waals surface area (Å²) in [6.45, 7) is 1.62. The van der Waals surface area contributed by atoms with E-state index in [0.717, 1.165) is 0 Å². The van der Waals surface area contributed by atoms with Gasteiger partial charge in [-0.15, -0.1) is 0 Å². The van der Waals surface area contributed by atoms with E-state index in [9.17, 15) is 9.59 Å². The van der Waals surface area contributed by atoms with Crippen LogP contribution in [-0.2, 0) is 4.79 Å². The lowest BCUT2D eigenvalue weighted by Crippen LogP contribution is -2.42. The van der Waals surface area contributed by atoms with Crippen LogP contribution in [0.1, 0.15) is 18.9 Å². The van der Waals surface area contributed by atoms with Crippen molar-refractivity contribution >= 4 is 17.7 Å². The molecule has 2 N–H and O–H groups in total. The van der Waals surface area contributed by atoms with E-state index >= 15 is 0 Å². The van der Waals surface area contributed by atoms with E-state index in [-0.39, 0.29) is 6.42 Å². The number of aliphatic carboxylic acids is 1. The third-order valence-electron chi connectivity index (χ3n) is 2.54. The minimum atomic E-state index is -0.964. The van der Waals surface area contributed by atoms with Crippen LogP contribution < -0.4 is 10.2 Å². The Morgan fingerprint density at radius 3 is 2.47 bits per heavy atom. The Labute approximate surface area is 111 Å². The number of amides is 2. The first-order chi connectivity index (χ1) is 8.93. The predicted octanol–water partition coefficient (Wildman–Crippen LogP) is 1.57. The number of carboxylic acids is 1. The van der Waals surface area contributed by atoms with Gasteiger partial charge in [0.15, 0.2) is 0 Å². The Bertz CT molecular complexity index is 505. The van der Waals surface area contributed by atoms with Gasteiger partial charge in [-0.25, -0.2) is 4.79 Å². The van der Waals surface area contributed by atoms with Crippen LogP contribution in [0.25, 0.3) is 0 Å². The highest BCUT2D eigenvalue weighted by atomic mass is 16.4. The fourth-order valence-electron chi connectivity index (χ4n) is 1.50. The first-order valence-corrected chi connectivity index (χ1v) is 5.70. The summed E-state index contributed by atoms with van der Waals surface area (Å²) in [6, 6.07) is 7.68. The standard InChI is InChI=1S/C13H15N3O3/c1-9(7-12(17)18)15-13(19)16(2)11-5-3-10(8-14)4-6-11/h3-6,9H,7H2,1-2H3,(H,15,19)(H,17,18). The van der Waals surface area contributed by atoms with E-state index in [1.807, 2.05) is 6.07 Å². The number of hydrogen-bond acceptors (Lipinski definition) is 3. The molecule has 0 heterocycles. The number of nitrogens with zero attached hydrogens (tertiary/aromatic N) is 2. The van der Waals surface area contributed by atoms with Crippen LogP contribution in [0.5, 0.6) is 0 Å². The summed E-state index contributed by atoms with van der Waals surface area (Å²) < 4.78 is 0. The van der Waals surface area contributed by atoms with E-state index < -0.39 is 18.0 Å². The minimum Gasteiger partial charge on any atom is -0.481 e. The highest BCUT2D eigenvalue weighted by molar-refractivity contribution is 5.91. The third-order valence-corrected chi connectivity index (χ3v) is 2.54. The largest absolute Gasteiger partial charge is 0.481 e. The molecule has 0 spiro atoms. The zero-order valence-corrected chi connectivity index (χ0v) is 10.8. The second-order valence-electron chi connectivity index (χ2n) is 4.17. The zero-order valence-electron chi connectivity index (χ0n) is 10.8. The number of carboxylic acid groups (broad SMARTS) is 1. The fraction of sp³-hybridized carbons (Fsp3) is 0.308. The average molecular weight is 261 g/mol. The molecule has 2 amide bonds. The van der Waals surface area contributed by atoms with E-state index in [0.29, 0.717) is 11.3 Å². The van der Waals surface area contributed by atoms with Gasteiger partial charge in [0, 0.05) is 18.8 Å². The van der Waals surface area contributed by atoms with Crippen molar-refractivity contribution in [3.05, 3.63) is 29.8 Å². The van der Waals surface area contributed by atoms with Crippen LogP contribution in [0.15, 0.2) is 24.3 Å². The molecule has 0 radical (unpaired) electrons. The Balaban J connectivity index is 2.66. The van der Waals surface area contributed by atoms with Crippen molar-refractivity contribution in [3.63, 3.8) is 0 Å². The van der Waals surface area contributed by atoms with Crippen LogP contribution in [0.3, 0.4) is 0 Å². The molecule has 0 aliphatic rings. The van der Waals surface area contributed by atoms with E-state index in [2.05, 4.69) is 5.32 Å². The quantitative estimate of drug-likeness (QED) is 0.860. The van der Waals surface area contributed by atoms with Gasteiger partial charge in [0.05, 0.1) is 18.1 Å². The van der Waals surface area contributed by atoms with Crippen molar-refractivity contribution in [3.8, 4) is 6.07 Å². The van der Waals surface area contributed by atoms with Crippen molar-refractivity contribution in [1.29, 1.82) is 5.26 Å². The lowest BCUT2D eigenvalue weighted by atomic mass is 10.2. The number of urea groups is 1. The molecule has 0 aliphatic heterocycles. The van der Waals surface area contributed by atoms with Crippen LogP contribution in [0, 0.1) is 11.3 Å². The normalized spacial score (nSPS) is 11.2. The first kappa shape index (κ1) is 14.5. The van der Waals surface area contributed by atoms with Gasteiger partial charge in [-0.1, -0.05) is 0 Å². The summed E-state index contributed by atoms with van der Waals surface area (Å²) in [5, 5.41) is 19.9. The number of anilines is 1. The summed E-state index contributed by atoms with van der Waals surface area (Å²) in [4.78, 5) is 23.7. The smallest absolute Gasteiger partial charge is 0.321 e. The molecule has 6 nitrogen and oxygen atoms in total. The molecule has 0 aliphatic carbocycles. The van der Waals surface area contributed by atoms with E-state index in [1.54, 1.807) is 38.2 Å². The molecule has 0 saturated carbocycles. The zero-order chi connectivity index (χ0) is 14.4. The van der Waals surface area contributed by atoms with Crippen molar-refractivity contribution in [2.45, 2.75) is 19.4 Å². The van der Waals surface area contributed by atoms with Gasteiger partial charge in [-0.3, -0.25) is 9.69 Å². The number of rotatable bonds is 4. The van der Waals surface area contributed by atoms with Gasteiger partial charge in [0.25, 0.3) is 0 Å². The fourth-order valence-corrected chi connectivity index (χ4v) is 1.50. The van der Waals surface area contributed by atoms with E-state index in [1.165, 1.54) is 4.90 Å². The molecule has 1 rings (SSSR count). The topological polar surface area (TPSA) is 93.4 Å². The molecule has 100 valence electrons. The van der Waals surface area contributed by atoms with Crippen molar-refractivity contribution in [1.82, 2.24) is 5.32 Å². The predicted molar refractivity (Wildman–Crippen MR) is 69.8 cm³/mol. The summed E-state index contributed by atoms with van der Waals surface area (Å²) in [5.74, 6) is -0.964. The van der Waals surface area contributed by atoms with Crippen LogP contribution in [0.2, 0.25) is 0 Å². The summed E-state index contributed by atoms with van der Waals surface area (Å²) in [6.07, 6.45) is -0.132. The molecule has 1 atom stereocenters. The molecule has 1 unspecified atom stereocenters. The lowest BCUT2D eigenvalue weighted by Gasteiger charge is -2.20. The second kappa shape index (κ2) is 6.40. The van der Waals surface area contributed by atoms with Gasteiger partial charge in [-0.05, 0) is 31.2 Å². The number of nitriles is 1. The molecule has 0 fully saturated rings. The number of benzene rings is 1. The molecule has 1 aromatic carbocycles. The average Bonchev–Trinajstić information content (AvgIpc) is 2.36. The SMILES string of the molecule is CC(CC(=O)O)NC(=O)N(C)c1ccc(C#N)cc1. The van der Waals surface area contributed by atoms with Crippen LogP contribution in [-0.4, -0.2) is 30.2 Å². The Hall–Kier alpha value is -2.55. The maximum atomic E-state index is 11.8. The highest BCUT2D eigenvalue weighted by Crippen LogP contribution is 2.13. The van der Waals surface area contributed by atoms with Crippen molar-refractivity contribution in [2.24, 2.45) is 0 Å². The maximum absolute atomic E-state index is 11.8. The lowest BCUT2D eigenvalue weighted by molar-refractivity contribution is -0.137. The molecular formula is C13H15N3O3. The molecule has 1 aromatic rings. The van der Waals surface area contributed by atoms with Crippen LogP contribution in [0.4, 0.5) is 10.5 Å². The number of carbonyl (C=O) groups excluding carboxylic acids is 1. The first-order valence-electron chi connectivity index (χ1n) is 5.70. The number of hydrogen-bond donors (Lipinski definition) is 2. The molecule has 0 bridgehead atoms. The van der Waals surface area contributed by atoms with Crippen molar-refractivity contribution < 1.29 is 14.7 Å². The Kier molecular flexibility index (Phi) is 4.89. The van der Waals surface area contributed by atoms with Gasteiger partial charge in [0.1, 0.15) is 0 Å². The molecule has 0 saturated heterocycles. The van der Waals surface area contributed by atoms with Gasteiger partial charge >= 0.3 is 12.0 Å². The third kappa shape index (κ3) is 4.32. The van der Waals surface area contributed by atoms with Gasteiger partial charge < -0.3 is 10.4 Å². The Morgan fingerprint density at radius 1 is 1.42 bits per heavy atom. The Morgan fingerprint density at radius 2 is 2.00 bits per heavy atom. The monoisotopic (exact) mass is 261 g/mol. The maximum Gasteiger partial charge on any atom is 0.321 e. The number of nitrogens with one attached hydrogen (secondary N) is 1. The molecule has 0 aromatic heterocycles. The molecule has 6 heteroatoms. The van der Waals surface area contributed by atoms with Crippen molar-refractivity contribution in [2.75, 3.05) is 11.9 Å². The molecular weight excluding hydrogens is 246 g/mol. The van der Waals surface area contributed by atoms with Gasteiger partial charge in [0.2, 0.25) is 0 Å². The van der Waals surface area contributed by atoms with Gasteiger partial charge in [-0.2, -0.15) is 5.26 Å². The second-order valence-corrected chi connectivity index (χ2v) is 4.17. The van der Waals surface area contributed by atoms with E-state index in [4.69, 9.17) is 10.4 Å². The highest BCUT2D eigenvalue weighted by Gasteiger charge is 2.15. The van der Waals surface area contributed by atoms with Crippen LogP contribution >= 0.6 is 0 Å². The number of carbonyl (C=O) groups is 2.